The predicted molar refractivity (Wildman–Crippen MR) is 178 cm³/mol. The van der Waals surface area contributed by atoms with E-state index in [4.69, 9.17) is 14.2 Å². The molecule has 2 aliphatic rings. The van der Waals surface area contributed by atoms with Crippen molar-refractivity contribution in [2.24, 2.45) is 0 Å². The van der Waals surface area contributed by atoms with Gasteiger partial charge in [-0.2, -0.15) is 0 Å². The fourth-order valence-corrected chi connectivity index (χ4v) is 7.19. The van der Waals surface area contributed by atoms with Crippen LogP contribution in [0.1, 0.15) is 55.7 Å². The van der Waals surface area contributed by atoms with Crippen LogP contribution >= 0.6 is 0 Å². The minimum Gasteiger partial charge on any atom is -0.494 e. The van der Waals surface area contributed by atoms with E-state index in [1.807, 2.05) is 36.4 Å². The van der Waals surface area contributed by atoms with Crippen molar-refractivity contribution in [3.05, 3.63) is 89.0 Å². The van der Waals surface area contributed by atoms with Crippen LogP contribution in [-0.4, -0.2) is 64.5 Å². The summed E-state index contributed by atoms with van der Waals surface area (Å²) >= 11 is 0. The maximum atomic E-state index is 13.3. The highest BCUT2D eigenvalue weighted by Gasteiger charge is 2.25. The van der Waals surface area contributed by atoms with Gasteiger partial charge in [-0.15, -0.1) is 0 Å². The molecule has 45 heavy (non-hydrogen) atoms. The third-order valence-electron chi connectivity index (χ3n) is 8.29. The van der Waals surface area contributed by atoms with Crippen molar-refractivity contribution in [1.82, 2.24) is 4.90 Å². The molecular formula is C36H44N2O6S. The number of nitrogens with zero attached hydrogens (tertiary/aromatic N) is 1. The highest BCUT2D eigenvalue weighted by molar-refractivity contribution is 7.91. The number of hydrogen-bond donors (Lipinski definition) is 1. The maximum absolute atomic E-state index is 13.3. The molecule has 0 aliphatic carbocycles. The molecule has 2 heterocycles. The SMILES string of the molecule is CCCOc1cccc(CCCOc2ccc3c(c2)C=C(C(=O)Nc2ccc(CN(C)C4CCOCC4)cc2)CCS3(=O)=O)c1. The molecule has 9 heteroatoms. The van der Waals surface area contributed by atoms with Crippen molar-refractivity contribution in [1.29, 1.82) is 0 Å². The smallest absolute Gasteiger partial charge is 0.251 e. The molecule has 0 unspecified atom stereocenters. The van der Waals surface area contributed by atoms with Crippen molar-refractivity contribution in [2.75, 3.05) is 44.5 Å². The van der Waals surface area contributed by atoms with Gasteiger partial charge < -0.3 is 19.5 Å². The number of sulfone groups is 1. The summed E-state index contributed by atoms with van der Waals surface area (Å²) in [5.41, 5.74) is 3.91. The van der Waals surface area contributed by atoms with Crippen LogP contribution in [0.5, 0.6) is 11.5 Å². The number of rotatable bonds is 13. The Balaban J connectivity index is 1.19. The van der Waals surface area contributed by atoms with E-state index in [0.717, 1.165) is 63.2 Å². The van der Waals surface area contributed by atoms with Crippen LogP contribution in [0.3, 0.4) is 0 Å². The predicted octanol–water partition coefficient (Wildman–Crippen LogP) is 6.30. The Kier molecular flexibility index (Phi) is 11.3. The summed E-state index contributed by atoms with van der Waals surface area (Å²) in [4.78, 5) is 15.9. The van der Waals surface area contributed by atoms with Crippen LogP contribution in [0.25, 0.3) is 6.08 Å². The van der Waals surface area contributed by atoms with Crippen LogP contribution in [0.4, 0.5) is 5.69 Å². The van der Waals surface area contributed by atoms with Crippen molar-refractivity contribution in [3.63, 3.8) is 0 Å². The second kappa shape index (κ2) is 15.6. The zero-order chi connectivity index (χ0) is 31.6. The van der Waals surface area contributed by atoms with E-state index < -0.39 is 9.84 Å². The van der Waals surface area contributed by atoms with Crippen molar-refractivity contribution in [3.8, 4) is 11.5 Å². The van der Waals surface area contributed by atoms with E-state index in [9.17, 15) is 13.2 Å². The van der Waals surface area contributed by atoms with E-state index in [0.29, 0.717) is 41.8 Å². The van der Waals surface area contributed by atoms with Crippen LogP contribution < -0.4 is 14.8 Å². The van der Waals surface area contributed by atoms with Gasteiger partial charge in [0, 0.05) is 37.1 Å². The summed E-state index contributed by atoms with van der Waals surface area (Å²) in [7, 11) is -1.41. The van der Waals surface area contributed by atoms with E-state index in [1.165, 1.54) is 5.56 Å². The van der Waals surface area contributed by atoms with E-state index in [-0.39, 0.29) is 23.0 Å². The standard InChI is InChI=1S/C36H44N2O6S/c1-3-18-43-33-8-4-6-27(23-33)7-5-19-44-34-13-14-35-30(25-34)24-29(17-22-45(35,40)41)36(39)37-31-11-9-28(10-12-31)26-38(2)32-15-20-42-21-16-32/h4,6,8-14,23-25,32H,3,5,7,15-22,26H2,1-2H3,(H,37,39). The largest absolute Gasteiger partial charge is 0.494 e. The molecule has 8 nitrogen and oxygen atoms in total. The van der Waals surface area contributed by atoms with Gasteiger partial charge in [0.05, 0.1) is 23.9 Å². The van der Waals surface area contributed by atoms with Crippen LogP contribution in [0, 0.1) is 0 Å². The number of carbonyl (C=O) groups excluding carboxylic acids is 1. The summed E-state index contributed by atoms with van der Waals surface area (Å²) in [5, 5.41) is 2.96. The van der Waals surface area contributed by atoms with Gasteiger partial charge in [-0.05, 0) is 111 Å². The Hall–Kier alpha value is -3.66. The summed E-state index contributed by atoms with van der Waals surface area (Å²) in [6.07, 6.45) is 6.48. The Labute approximate surface area is 267 Å². The number of carbonyl (C=O) groups is 1. The van der Waals surface area contributed by atoms with Gasteiger partial charge in [0.25, 0.3) is 5.91 Å². The minimum atomic E-state index is -3.55. The Morgan fingerprint density at radius 3 is 2.49 bits per heavy atom. The molecule has 1 N–H and O–H groups in total. The lowest BCUT2D eigenvalue weighted by molar-refractivity contribution is -0.112. The summed E-state index contributed by atoms with van der Waals surface area (Å²) in [6.45, 7) is 5.69. The first-order chi connectivity index (χ1) is 21.8. The minimum absolute atomic E-state index is 0.127. The fourth-order valence-electron chi connectivity index (χ4n) is 5.73. The zero-order valence-corrected chi connectivity index (χ0v) is 27.1. The molecule has 0 aromatic heterocycles. The Morgan fingerprint density at radius 2 is 1.71 bits per heavy atom. The first kappa shape index (κ1) is 32.7. The van der Waals surface area contributed by atoms with Gasteiger partial charge >= 0.3 is 0 Å². The van der Waals surface area contributed by atoms with E-state index in [2.05, 4.69) is 36.3 Å². The number of ether oxygens (including phenoxy) is 3. The van der Waals surface area contributed by atoms with Gasteiger partial charge in [-0.25, -0.2) is 8.42 Å². The van der Waals surface area contributed by atoms with Crippen LogP contribution in [0.15, 0.2) is 77.2 Å². The van der Waals surface area contributed by atoms with E-state index in [1.54, 1.807) is 24.3 Å². The van der Waals surface area contributed by atoms with Gasteiger partial charge in [0.2, 0.25) is 0 Å². The first-order valence-electron chi connectivity index (χ1n) is 15.9. The molecule has 0 radical (unpaired) electrons. The lowest BCUT2D eigenvalue weighted by Gasteiger charge is -2.31. The van der Waals surface area contributed by atoms with Gasteiger partial charge in [0.1, 0.15) is 11.5 Å². The number of nitrogens with one attached hydrogen (secondary N) is 1. The highest BCUT2D eigenvalue weighted by atomic mass is 32.2. The molecule has 2 aliphatic heterocycles. The molecule has 3 aromatic carbocycles. The van der Waals surface area contributed by atoms with Crippen LogP contribution in [0.2, 0.25) is 0 Å². The lowest BCUT2D eigenvalue weighted by atomic mass is 10.1. The lowest BCUT2D eigenvalue weighted by Crippen LogP contribution is -2.36. The number of aryl methyl sites for hydroxylation is 1. The van der Waals surface area contributed by atoms with Gasteiger partial charge in [-0.3, -0.25) is 9.69 Å². The van der Waals surface area contributed by atoms with Gasteiger partial charge in [0.15, 0.2) is 9.84 Å². The molecular weight excluding hydrogens is 588 g/mol. The highest BCUT2D eigenvalue weighted by Crippen LogP contribution is 2.30. The average Bonchev–Trinajstić information content (AvgIpc) is 3.18. The monoisotopic (exact) mass is 632 g/mol. The molecule has 1 saturated heterocycles. The number of benzene rings is 3. The fraction of sp³-hybridized carbons (Fsp3) is 0.417. The van der Waals surface area contributed by atoms with Crippen molar-refractivity contribution in [2.45, 2.75) is 62.9 Å². The molecule has 0 bridgehead atoms. The average molecular weight is 633 g/mol. The van der Waals surface area contributed by atoms with Crippen molar-refractivity contribution < 1.29 is 27.4 Å². The Morgan fingerprint density at radius 1 is 0.956 bits per heavy atom. The second-order valence-corrected chi connectivity index (χ2v) is 13.9. The molecule has 1 fully saturated rings. The van der Waals surface area contributed by atoms with Gasteiger partial charge in [-0.1, -0.05) is 31.2 Å². The zero-order valence-electron chi connectivity index (χ0n) is 26.3. The maximum Gasteiger partial charge on any atom is 0.251 e. The van der Waals surface area contributed by atoms with Crippen molar-refractivity contribution >= 4 is 27.5 Å². The summed E-state index contributed by atoms with van der Waals surface area (Å²) in [5.74, 6) is 1.02. The molecule has 0 atom stereocenters. The molecule has 0 saturated carbocycles. The molecule has 0 spiro atoms. The topological polar surface area (TPSA) is 94.2 Å². The number of hydrogen-bond acceptors (Lipinski definition) is 7. The molecule has 3 aromatic rings. The third kappa shape index (κ3) is 9.19. The quantitative estimate of drug-likeness (QED) is 0.221. The summed E-state index contributed by atoms with van der Waals surface area (Å²) < 4.78 is 43.3. The third-order valence-corrected chi connectivity index (χ3v) is 10.1. The Bertz CT molecular complexity index is 1580. The normalized spacial score (nSPS) is 16.4. The summed E-state index contributed by atoms with van der Waals surface area (Å²) in [6, 6.07) is 21.4. The molecule has 240 valence electrons. The second-order valence-electron chi connectivity index (χ2n) is 11.8. The van der Waals surface area contributed by atoms with E-state index >= 15 is 0 Å². The molecule has 1 amide bonds. The number of fused-ring (bicyclic) bond motifs is 1. The molecule has 5 rings (SSSR count). The first-order valence-corrected chi connectivity index (χ1v) is 17.6. The number of anilines is 1. The van der Waals surface area contributed by atoms with Crippen LogP contribution in [-0.2, 0) is 32.3 Å². The number of amides is 1.